The fraction of sp³-hybridized carbons (Fsp3) is 0.542. The number of carbonyl (C=O) groups excluding carboxylic acids is 1. The molecule has 7 N–H and O–H groups in total. The number of esters is 1. The number of nitrogens with one attached hydrogen (secondary N) is 3. The van der Waals surface area contributed by atoms with Crippen LogP contribution in [-0.2, 0) is 39.1 Å². The van der Waals surface area contributed by atoms with E-state index >= 15 is 0 Å². The third-order valence-corrected chi connectivity index (χ3v) is 19.7. The second-order valence-corrected chi connectivity index (χ2v) is 24.3. The first-order valence-electron chi connectivity index (χ1n) is 26.8. The molecule has 5 aliphatic heterocycles. The van der Waals surface area contributed by atoms with E-state index in [-0.39, 0.29) is 47.8 Å². The SMILES string of the molecule is CCC1=CC2=C(C#CCc3c(CNCCCCOC)c(O)c4c(c3[C@H]3Oc5c(ccc6c5[C@@]5(CC[C@H](C2)C5)Cc2cc(O)cc(OC)c2-6)[C@@H]3COC(C)=O)C=C[C@@H]2N[C@H]3CCC[C@@H](CSSC[C@H]2O4)C3)NC1N. The van der Waals surface area contributed by atoms with Gasteiger partial charge in [0.15, 0.2) is 11.5 Å². The lowest BCUT2D eigenvalue weighted by molar-refractivity contribution is -0.141. The van der Waals surface area contributed by atoms with Gasteiger partial charge < -0.3 is 55.6 Å². The summed E-state index contributed by atoms with van der Waals surface area (Å²) in [7, 11) is 7.20. The summed E-state index contributed by atoms with van der Waals surface area (Å²) in [6.07, 6.45) is 17.4. The van der Waals surface area contributed by atoms with Gasteiger partial charge in [0.2, 0.25) is 0 Å². The van der Waals surface area contributed by atoms with E-state index in [1.807, 2.05) is 27.7 Å². The van der Waals surface area contributed by atoms with Crippen molar-refractivity contribution in [1.82, 2.24) is 16.0 Å². The van der Waals surface area contributed by atoms with E-state index in [1.165, 1.54) is 25.3 Å². The van der Waals surface area contributed by atoms with E-state index in [9.17, 15) is 15.0 Å². The molecular formula is C59H72N4O8S2. The zero-order valence-corrected chi connectivity index (χ0v) is 44.5. The number of dihydropyridines is 1. The summed E-state index contributed by atoms with van der Waals surface area (Å²) in [6.45, 7) is 5.46. The molecule has 14 heteroatoms. The van der Waals surface area contributed by atoms with Gasteiger partial charge in [-0.2, -0.15) is 0 Å². The Bertz CT molecular complexity index is 2800. The Balaban J connectivity index is 1.15. The van der Waals surface area contributed by atoms with Crippen LogP contribution in [0.3, 0.4) is 0 Å². The molecule has 11 rings (SSSR count). The van der Waals surface area contributed by atoms with Gasteiger partial charge in [-0.25, -0.2) is 0 Å². The number of fused-ring (bicyclic) bond motifs is 11. The number of carbonyl (C=O) groups is 1. The minimum absolute atomic E-state index is 0.0846. The molecule has 6 bridgehead atoms. The predicted octanol–water partition coefficient (Wildman–Crippen LogP) is 9.78. The highest BCUT2D eigenvalue weighted by Crippen LogP contribution is 2.63. The first-order chi connectivity index (χ1) is 35.6. The maximum absolute atomic E-state index is 13.0. The number of phenols is 2. The van der Waals surface area contributed by atoms with Crippen LogP contribution in [0.5, 0.6) is 28.7 Å². The molecular weight excluding hydrogens is 957 g/mol. The van der Waals surface area contributed by atoms with E-state index in [0.29, 0.717) is 67.5 Å². The van der Waals surface area contributed by atoms with Crippen LogP contribution >= 0.6 is 21.6 Å². The summed E-state index contributed by atoms with van der Waals surface area (Å²) in [5, 5.41) is 35.5. The maximum Gasteiger partial charge on any atom is 0.302 e. The highest BCUT2D eigenvalue weighted by Gasteiger charge is 2.52. The Labute approximate surface area is 438 Å². The minimum Gasteiger partial charge on any atom is -0.508 e. The second-order valence-electron chi connectivity index (χ2n) is 21.7. The molecule has 3 fully saturated rings. The average molecular weight is 1030 g/mol. The molecule has 2 saturated carbocycles. The van der Waals surface area contributed by atoms with Crippen molar-refractivity contribution in [2.24, 2.45) is 17.6 Å². The Morgan fingerprint density at radius 3 is 2.78 bits per heavy atom. The largest absolute Gasteiger partial charge is 0.508 e. The van der Waals surface area contributed by atoms with Gasteiger partial charge in [-0.1, -0.05) is 71.2 Å². The maximum atomic E-state index is 13.0. The van der Waals surface area contributed by atoms with Gasteiger partial charge in [-0.15, -0.1) is 0 Å². The quantitative estimate of drug-likeness (QED) is 0.0465. The van der Waals surface area contributed by atoms with Crippen molar-refractivity contribution in [3.05, 3.63) is 92.2 Å². The lowest BCUT2D eigenvalue weighted by Gasteiger charge is -2.39. The van der Waals surface area contributed by atoms with Crippen molar-refractivity contribution in [3.63, 3.8) is 0 Å². The van der Waals surface area contributed by atoms with Crippen LogP contribution in [0.1, 0.15) is 135 Å². The molecule has 3 aromatic rings. The van der Waals surface area contributed by atoms with Crippen LogP contribution in [0.15, 0.2) is 53.3 Å². The van der Waals surface area contributed by atoms with Crippen molar-refractivity contribution in [2.45, 2.75) is 146 Å². The fourth-order valence-electron chi connectivity index (χ4n) is 13.7. The van der Waals surface area contributed by atoms with E-state index in [4.69, 9.17) is 29.4 Å². The van der Waals surface area contributed by atoms with E-state index in [2.05, 4.69) is 65.1 Å². The molecule has 1 saturated heterocycles. The van der Waals surface area contributed by atoms with Crippen molar-refractivity contribution in [3.8, 4) is 51.7 Å². The monoisotopic (exact) mass is 1030 g/mol. The van der Waals surface area contributed by atoms with Crippen molar-refractivity contribution in [2.75, 3.05) is 45.5 Å². The van der Waals surface area contributed by atoms with Gasteiger partial charge in [0.25, 0.3) is 0 Å². The molecule has 73 heavy (non-hydrogen) atoms. The zero-order chi connectivity index (χ0) is 50.4. The van der Waals surface area contributed by atoms with E-state index in [1.54, 1.807) is 20.3 Å². The van der Waals surface area contributed by atoms with Crippen LogP contribution in [0.25, 0.3) is 17.2 Å². The van der Waals surface area contributed by atoms with Gasteiger partial charge in [0.05, 0.1) is 30.9 Å². The minimum atomic E-state index is -0.664. The predicted molar refractivity (Wildman–Crippen MR) is 290 cm³/mol. The number of hydrogen-bond donors (Lipinski definition) is 6. The van der Waals surface area contributed by atoms with Crippen LogP contribution in [0.4, 0.5) is 0 Å². The van der Waals surface area contributed by atoms with Crippen molar-refractivity contribution >= 4 is 33.6 Å². The number of ether oxygens (including phenoxy) is 5. The van der Waals surface area contributed by atoms with Crippen molar-refractivity contribution < 1.29 is 38.7 Å². The van der Waals surface area contributed by atoms with Gasteiger partial charge >= 0.3 is 5.97 Å². The Kier molecular flexibility index (Phi) is 14.8. The zero-order valence-electron chi connectivity index (χ0n) is 42.8. The molecule has 0 radical (unpaired) electrons. The van der Waals surface area contributed by atoms with E-state index in [0.717, 1.165) is 131 Å². The van der Waals surface area contributed by atoms with Gasteiger partial charge in [-0.05, 0) is 129 Å². The standard InChI is InChI=1S/C59H72N4O8S2/c1-5-36-24-37-22-34-18-19-59(27-34)28-38-25-40(65)26-49(68-4)51(38)43-15-14-42-46(30-69-33(2)64)55(71-56(42)53(43)59)52-41(12-9-13-47(37)63-58(36)60)45(29-61-20-6-7-21-67-3)54(66)57-44(52)16-17-48-50(70-57)32-73-72-31-35-10-8-11-39(23-35)62-48/h14-17,24-26,34-35,39,46,48,50,55,58,61-63,65-66H,5-8,10-12,18-23,27-32,60H2,1-4H3/t34-,35-,39+,46+,48+,50-,55+,58?,59-/m1/s1. The average Bonchev–Trinajstić information content (AvgIpc) is 3.90. The number of unbranched alkanes of at least 4 members (excludes halogenated alkanes) is 1. The fourth-order valence-corrected chi connectivity index (χ4v) is 16.3. The Hall–Kier alpha value is -4.75. The summed E-state index contributed by atoms with van der Waals surface area (Å²) in [5.41, 5.74) is 18.1. The smallest absolute Gasteiger partial charge is 0.302 e. The number of hydrogen-bond acceptors (Lipinski definition) is 14. The summed E-state index contributed by atoms with van der Waals surface area (Å²) >= 11 is 0. The molecule has 0 amide bonds. The number of methoxy groups -OCH3 is 2. The topological polar surface area (TPSA) is 166 Å². The molecule has 12 nitrogen and oxygen atoms in total. The number of benzene rings is 3. The molecule has 1 unspecified atom stereocenters. The highest BCUT2D eigenvalue weighted by molar-refractivity contribution is 8.76. The second kappa shape index (κ2) is 21.5. The number of aromatic hydroxyl groups is 2. The molecule has 8 aliphatic rings. The van der Waals surface area contributed by atoms with Gasteiger partial charge in [0.1, 0.15) is 36.1 Å². The summed E-state index contributed by atoms with van der Waals surface area (Å²) in [5.74, 6) is 11.5. The Morgan fingerprint density at radius 1 is 1.07 bits per heavy atom. The van der Waals surface area contributed by atoms with Crippen LogP contribution in [0.2, 0.25) is 0 Å². The normalized spacial score (nSPS) is 28.5. The third-order valence-electron chi connectivity index (χ3n) is 17.1. The third kappa shape index (κ3) is 9.76. The number of allylic oxidation sites excluding steroid dienone is 3. The first-order valence-corrected chi connectivity index (χ1v) is 29.3. The van der Waals surface area contributed by atoms with E-state index < -0.39 is 12.0 Å². The molecule has 388 valence electrons. The highest BCUT2D eigenvalue weighted by atomic mass is 33.1. The number of phenolic OH excluding ortho intramolecular Hbond substituents is 2. The molecule has 0 aromatic heterocycles. The molecule has 3 aliphatic carbocycles. The number of rotatable bonds is 11. The molecule has 3 aromatic carbocycles. The number of nitrogens with two attached hydrogens (primary N) is 1. The van der Waals surface area contributed by atoms with Crippen LogP contribution in [-0.4, -0.2) is 86.0 Å². The molecule has 1 spiro atoms. The van der Waals surface area contributed by atoms with Crippen LogP contribution < -0.4 is 35.9 Å². The first kappa shape index (κ1) is 50.4. The Morgan fingerprint density at radius 2 is 1.95 bits per heavy atom. The van der Waals surface area contributed by atoms with Crippen molar-refractivity contribution in [1.29, 1.82) is 0 Å². The van der Waals surface area contributed by atoms with Crippen LogP contribution in [0, 0.1) is 23.7 Å². The summed E-state index contributed by atoms with van der Waals surface area (Å²) in [4.78, 5) is 13.0. The molecule has 5 heterocycles. The summed E-state index contributed by atoms with van der Waals surface area (Å²) < 4.78 is 32.7. The summed E-state index contributed by atoms with van der Waals surface area (Å²) in [6, 6.07) is 8.26. The lowest BCUT2D eigenvalue weighted by Crippen LogP contribution is -2.49. The van der Waals surface area contributed by atoms with Gasteiger partial charge in [0, 0.05) is 96.0 Å². The lowest BCUT2D eigenvalue weighted by atomic mass is 9.65. The molecule has 9 atom stereocenters. The van der Waals surface area contributed by atoms with Gasteiger partial charge in [-0.3, -0.25) is 4.79 Å².